The average molecular weight is 370 g/mol. The Balaban J connectivity index is 1.58. The fraction of sp³-hybridized carbons (Fsp3) is 0.300. The molecular weight excluding hydrogens is 348 g/mol. The van der Waals surface area contributed by atoms with E-state index >= 15 is 0 Å². The van der Waals surface area contributed by atoms with E-state index in [-0.39, 0.29) is 12.6 Å². The van der Waals surface area contributed by atoms with E-state index in [0.29, 0.717) is 17.9 Å². The molecule has 0 bridgehead atoms. The molecule has 0 spiro atoms. The second-order valence-electron chi connectivity index (χ2n) is 6.33. The molecule has 1 atom stereocenters. The molecule has 3 heterocycles. The summed E-state index contributed by atoms with van der Waals surface area (Å²) < 4.78 is 17.7. The van der Waals surface area contributed by atoms with Gasteiger partial charge in [-0.15, -0.1) is 0 Å². The van der Waals surface area contributed by atoms with Gasteiger partial charge in [0.25, 0.3) is 5.91 Å². The first-order chi connectivity index (χ1) is 13.0. The van der Waals surface area contributed by atoms with Gasteiger partial charge in [-0.05, 0) is 51.1 Å². The standard InChI is InChI=1S/C20H22N2O5/c1-13-10-17(15(3)22(13)11-16-6-4-8-25-16)20(24)27-12-19(23)21-14(2)18-7-5-9-26-18/h4-10,14H,11-12H2,1-3H3,(H,21,23)/t14-/m1/s1. The summed E-state index contributed by atoms with van der Waals surface area (Å²) in [5.74, 6) is 0.505. The van der Waals surface area contributed by atoms with Gasteiger partial charge in [0.1, 0.15) is 11.5 Å². The highest BCUT2D eigenvalue weighted by Gasteiger charge is 2.19. The van der Waals surface area contributed by atoms with Crippen molar-refractivity contribution in [1.29, 1.82) is 0 Å². The van der Waals surface area contributed by atoms with Gasteiger partial charge in [-0.1, -0.05) is 0 Å². The second kappa shape index (κ2) is 7.99. The average Bonchev–Trinajstić information content (AvgIpc) is 3.38. The number of amides is 1. The summed E-state index contributed by atoms with van der Waals surface area (Å²) in [5, 5.41) is 2.72. The smallest absolute Gasteiger partial charge is 0.340 e. The molecule has 142 valence electrons. The van der Waals surface area contributed by atoms with E-state index in [1.54, 1.807) is 31.4 Å². The lowest BCUT2D eigenvalue weighted by Gasteiger charge is -2.11. The van der Waals surface area contributed by atoms with Crippen LogP contribution in [0.25, 0.3) is 0 Å². The second-order valence-corrected chi connectivity index (χ2v) is 6.33. The van der Waals surface area contributed by atoms with E-state index in [1.807, 2.05) is 30.5 Å². The molecule has 0 saturated heterocycles. The summed E-state index contributed by atoms with van der Waals surface area (Å²) in [6, 6.07) is 8.66. The minimum absolute atomic E-state index is 0.301. The summed E-state index contributed by atoms with van der Waals surface area (Å²) >= 11 is 0. The third-order valence-corrected chi connectivity index (χ3v) is 4.37. The summed E-state index contributed by atoms with van der Waals surface area (Å²) in [6.45, 7) is 5.71. The maximum absolute atomic E-state index is 12.4. The Morgan fingerprint density at radius 2 is 1.93 bits per heavy atom. The lowest BCUT2D eigenvalue weighted by molar-refractivity contribution is -0.125. The lowest BCUT2D eigenvalue weighted by Crippen LogP contribution is -2.31. The van der Waals surface area contributed by atoms with Crippen molar-refractivity contribution < 1.29 is 23.2 Å². The number of esters is 1. The SMILES string of the molecule is Cc1cc(C(=O)OCC(=O)N[C@H](C)c2ccco2)c(C)n1Cc1ccco1. The van der Waals surface area contributed by atoms with Crippen LogP contribution in [-0.4, -0.2) is 23.1 Å². The van der Waals surface area contributed by atoms with Crippen LogP contribution in [0.1, 0.15) is 46.2 Å². The maximum atomic E-state index is 12.4. The van der Waals surface area contributed by atoms with Gasteiger partial charge in [-0.3, -0.25) is 4.79 Å². The zero-order chi connectivity index (χ0) is 19.4. The largest absolute Gasteiger partial charge is 0.467 e. The Kier molecular flexibility index (Phi) is 5.49. The number of hydrogen-bond acceptors (Lipinski definition) is 5. The molecule has 0 aromatic carbocycles. The first kappa shape index (κ1) is 18.6. The van der Waals surface area contributed by atoms with Crippen LogP contribution in [0.5, 0.6) is 0 Å². The molecule has 0 unspecified atom stereocenters. The molecule has 3 aromatic heterocycles. The van der Waals surface area contributed by atoms with Gasteiger partial charge in [-0.25, -0.2) is 4.79 Å². The van der Waals surface area contributed by atoms with Crippen molar-refractivity contribution in [1.82, 2.24) is 9.88 Å². The Labute approximate surface area is 156 Å². The highest BCUT2D eigenvalue weighted by molar-refractivity contribution is 5.92. The van der Waals surface area contributed by atoms with E-state index in [9.17, 15) is 9.59 Å². The Hall–Kier alpha value is -3.22. The molecule has 3 aromatic rings. The molecule has 0 radical (unpaired) electrons. The van der Waals surface area contributed by atoms with Gasteiger partial charge in [0, 0.05) is 11.4 Å². The third kappa shape index (κ3) is 4.31. The highest BCUT2D eigenvalue weighted by atomic mass is 16.5. The number of hydrogen-bond donors (Lipinski definition) is 1. The van der Waals surface area contributed by atoms with Crippen LogP contribution in [0.3, 0.4) is 0 Å². The highest BCUT2D eigenvalue weighted by Crippen LogP contribution is 2.18. The fourth-order valence-corrected chi connectivity index (χ4v) is 2.91. The molecule has 7 heteroatoms. The Morgan fingerprint density at radius 3 is 2.59 bits per heavy atom. The Bertz CT molecular complexity index is 907. The van der Waals surface area contributed by atoms with Crippen molar-refractivity contribution in [2.45, 2.75) is 33.4 Å². The molecule has 1 amide bonds. The number of rotatable bonds is 7. The third-order valence-electron chi connectivity index (χ3n) is 4.37. The van der Waals surface area contributed by atoms with E-state index < -0.39 is 11.9 Å². The maximum Gasteiger partial charge on any atom is 0.340 e. The van der Waals surface area contributed by atoms with Crippen molar-refractivity contribution >= 4 is 11.9 Å². The minimum atomic E-state index is -0.533. The van der Waals surface area contributed by atoms with Crippen molar-refractivity contribution in [2.75, 3.05) is 6.61 Å². The molecule has 0 aliphatic rings. The summed E-state index contributed by atoms with van der Waals surface area (Å²) in [5.41, 5.74) is 2.11. The van der Waals surface area contributed by atoms with Crippen molar-refractivity contribution in [3.8, 4) is 0 Å². The van der Waals surface area contributed by atoms with E-state index in [2.05, 4.69) is 5.32 Å². The molecule has 0 fully saturated rings. The molecule has 27 heavy (non-hydrogen) atoms. The van der Waals surface area contributed by atoms with Gasteiger partial charge in [-0.2, -0.15) is 0 Å². The van der Waals surface area contributed by atoms with Crippen LogP contribution in [-0.2, 0) is 16.1 Å². The summed E-state index contributed by atoms with van der Waals surface area (Å²) in [4.78, 5) is 24.4. The van der Waals surface area contributed by atoms with Crippen molar-refractivity contribution in [3.05, 3.63) is 71.3 Å². The number of furan rings is 2. The summed E-state index contributed by atoms with van der Waals surface area (Å²) in [6.07, 6.45) is 3.15. The normalized spacial score (nSPS) is 12.0. The van der Waals surface area contributed by atoms with Crippen molar-refractivity contribution in [3.63, 3.8) is 0 Å². The predicted octanol–water partition coefficient (Wildman–Crippen LogP) is 3.37. The van der Waals surface area contributed by atoms with Crippen LogP contribution >= 0.6 is 0 Å². The molecule has 0 aliphatic heterocycles. The molecule has 3 rings (SSSR count). The molecule has 0 aliphatic carbocycles. The van der Waals surface area contributed by atoms with E-state index in [1.165, 1.54) is 6.26 Å². The first-order valence-corrected chi connectivity index (χ1v) is 8.64. The van der Waals surface area contributed by atoms with Gasteiger partial charge in [0.2, 0.25) is 0 Å². The number of ether oxygens (including phenoxy) is 1. The van der Waals surface area contributed by atoms with Gasteiger partial charge < -0.3 is 23.5 Å². The van der Waals surface area contributed by atoms with Gasteiger partial charge in [0.05, 0.1) is 30.7 Å². The number of carbonyl (C=O) groups is 2. The molecule has 7 nitrogen and oxygen atoms in total. The van der Waals surface area contributed by atoms with Crippen LogP contribution in [0.2, 0.25) is 0 Å². The van der Waals surface area contributed by atoms with E-state index in [0.717, 1.165) is 17.1 Å². The number of carbonyl (C=O) groups excluding carboxylic acids is 2. The number of nitrogens with zero attached hydrogens (tertiary/aromatic N) is 1. The van der Waals surface area contributed by atoms with Crippen molar-refractivity contribution in [2.24, 2.45) is 0 Å². The molecular formula is C20H22N2O5. The van der Waals surface area contributed by atoms with Gasteiger partial charge >= 0.3 is 5.97 Å². The van der Waals surface area contributed by atoms with Crippen LogP contribution < -0.4 is 5.32 Å². The zero-order valence-corrected chi connectivity index (χ0v) is 15.5. The number of aryl methyl sites for hydroxylation is 1. The first-order valence-electron chi connectivity index (χ1n) is 8.64. The zero-order valence-electron chi connectivity index (χ0n) is 15.5. The summed E-state index contributed by atoms with van der Waals surface area (Å²) in [7, 11) is 0. The quantitative estimate of drug-likeness (QED) is 0.644. The Morgan fingerprint density at radius 1 is 1.19 bits per heavy atom. The minimum Gasteiger partial charge on any atom is -0.467 e. The number of nitrogens with one attached hydrogen (secondary N) is 1. The fourth-order valence-electron chi connectivity index (χ4n) is 2.91. The number of aromatic nitrogens is 1. The predicted molar refractivity (Wildman–Crippen MR) is 97.3 cm³/mol. The van der Waals surface area contributed by atoms with Crippen LogP contribution in [0, 0.1) is 13.8 Å². The molecule has 0 saturated carbocycles. The monoisotopic (exact) mass is 370 g/mol. The lowest BCUT2D eigenvalue weighted by atomic mass is 10.2. The molecule has 1 N–H and O–H groups in total. The van der Waals surface area contributed by atoms with E-state index in [4.69, 9.17) is 13.6 Å². The topological polar surface area (TPSA) is 86.6 Å². The van der Waals surface area contributed by atoms with Crippen LogP contribution in [0.4, 0.5) is 0 Å². The van der Waals surface area contributed by atoms with Gasteiger partial charge in [0.15, 0.2) is 6.61 Å². The van der Waals surface area contributed by atoms with Crippen LogP contribution in [0.15, 0.2) is 51.7 Å².